The lowest BCUT2D eigenvalue weighted by molar-refractivity contribution is 0.0946. The van der Waals surface area contributed by atoms with Crippen molar-refractivity contribution in [3.8, 4) is 0 Å². The van der Waals surface area contributed by atoms with E-state index in [2.05, 4.69) is 37.3 Å². The van der Waals surface area contributed by atoms with Gasteiger partial charge in [0.1, 0.15) is 29.0 Å². The number of halogens is 1. The second-order valence-electron chi connectivity index (χ2n) is 9.65. The van der Waals surface area contributed by atoms with Gasteiger partial charge in [-0.15, -0.1) is 0 Å². The lowest BCUT2D eigenvalue weighted by Crippen LogP contribution is -2.23. The molecule has 1 saturated carbocycles. The Kier molecular flexibility index (Phi) is 5.75. The molecule has 9 heteroatoms. The summed E-state index contributed by atoms with van der Waals surface area (Å²) in [5.41, 5.74) is 7.63. The normalized spacial score (nSPS) is 15.5. The number of amides is 1. The van der Waals surface area contributed by atoms with Crippen LogP contribution in [0.3, 0.4) is 0 Å². The molecule has 1 aliphatic carbocycles. The molecule has 0 spiro atoms. The first kappa shape index (κ1) is 22.5. The fourth-order valence-electron chi connectivity index (χ4n) is 4.84. The van der Waals surface area contributed by atoms with Crippen LogP contribution in [0, 0.1) is 5.82 Å². The number of hydrogen-bond donors (Lipinski definition) is 2. The van der Waals surface area contributed by atoms with Crippen LogP contribution in [0.2, 0.25) is 0 Å². The molecule has 1 aromatic carbocycles. The number of imidazole rings is 1. The second kappa shape index (κ2) is 9.22. The van der Waals surface area contributed by atoms with Crippen LogP contribution in [-0.2, 0) is 13.1 Å². The standard InChI is InChI=1S/C27H28FN7O/c28-22-12-21-19(7-8-30-25(21)29)11-20(22)14-32-27(36)23-16-35(26(33-23)18-4-5-18)15-17-3-6-24(31-13-17)34-9-1-2-10-34/h3,6-8,11-13,16,18H,1-2,4-5,9-10,14-15H2,(H2,29,30)(H,32,36). The van der Waals surface area contributed by atoms with Crippen molar-refractivity contribution in [1.82, 2.24) is 24.8 Å². The van der Waals surface area contributed by atoms with Crippen LogP contribution in [0.4, 0.5) is 16.0 Å². The van der Waals surface area contributed by atoms with Crippen LogP contribution in [0.15, 0.2) is 48.9 Å². The summed E-state index contributed by atoms with van der Waals surface area (Å²) < 4.78 is 16.7. The number of nitrogens with one attached hydrogen (secondary N) is 1. The number of carbonyl (C=O) groups is 1. The minimum atomic E-state index is -0.434. The molecule has 3 aromatic heterocycles. The van der Waals surface area contributed by atoms with E-state index in [1.54, 1.807) is 24.5 Å². The van der Waals surface area contributed by atoms with Gasteiger partial charge in [-0.1, -0.05) is 6.07 Å². The molecule has 4 heterocycles. The summed E-state index contributed by atoms with van der Waals surface area (Å²) in [5.74, 6) is 1.83. The van der Waals surface area contributed by atoms with Crippen LogP contribution in [-0.4, -0.2) is 38.5 Å². The Labute approximate surface area is 208 Å². The number of nitrogens with two attached hydrogens (primary N) is 1. The van der Waals surface area contributed by atoms with Crippen LogP contribution in [0.25, 0.3) is 10.8 Å². The maximum Gasteiger partial charge on any atom is 0.271 e. The van der Waals surface area contributed by atoms with Crippen LogP contribution >= 0.6 is 0 Å². The Bertz CT molecular complexity index is 1420. The first-order chi connectivity index (χ1) is 17.5. The highest BCUT2D eigenvalue weighted by atomic mass is 19.1. The number of hydrogen-bond acceptors (Lipinski definition) is 6. The van der Waals surface area contributed by atoms with Gasteiger partial charge in [-0.05, 0) is 60.9 Å². The molecular formula is C27H28FN7O. The van der Waals surface area contributed by atoms with E-state index >= 15 is 0 Å². The van der Waals surface area contributed by atoms with Crippen molar-refractivity contribution >= 4 is 28.3 Å². The predicted octanol–water partition coefficient (Wildman–Crippen LogP) is 4.00. The molecule has 0 atom stereocenters. The number of benzene rings is 1. The SMILES string of the molecule is Nc1nccc2cc(CNC(=O)c3cn(Cc4ccc(N5CCCC5)nc4)c(C4CC4)n3)c(F)cc12. The third-order valence-corrected chi connectivity index (χ3v) is 6.98. The van der Waals surface area contributed by atoms with Crippen molar-refractivity contribution in [3.05, 3.63) is 77.4 Å². The Morgan fingerprint density at radius 2 is 1.97 bits per heavy atom. The van der Waals surface area contributed by atoms with Gasteiger partial charge in [0, 0.05) is 55.1 Å². The molecule has 1 aliphatic heterocycles. The molecule has 6 rings (SSSR count). The number of fused-ring (bicyclic) bond motifs is 1. The Hall–Kier alpha value is -4.01. The number of nitrogen functional groups attached to an aromatic ring is 1. The average molecular weight is 486 g/mol. The van der Waals surface area contributed by atoms with Crippen molar-refractivity contribution in [2.45, 2.75) is 44.7 Å². The van der Waals surface area contributed by atoms with Crippen molar-refractivity contribution in [2.24, 2.45) is 0 Å². The van der Waals surface area contributed by atoms with Gasteiger partial charge >= 0.3 is 0 Å². The molecule has 2 fully saturated rings. The minimum absolute atomic E-state index is 0.0519. The smallest absolute Gasteiger partial charge is 0.271 e. The summed E-state index contributed by atoms with van der Waals surface area (Å²) in [6, 6.07) is 9.00. The number of nitrogens with zero attached hydrogens (tertiary/aromatic N) is 5. The summed E-state index contributed by atoms with van der Waals surface area (Å²) in [6.45, 7) is 2.78. The zero-order valence-electron chi connectivity index (χ0n) is 20.0. The summed E-state index contributed by atoms with van der Waals surface area (Å²) in [6.07, 6.45) is 9.87. The minimum Gasteiger partial charge on any atom is -0.383 e. The maximum absolute atomic E-state index is 14.6. The molecule has 3 N–H and O–H groups in total. The quantitative estimate of drug-likeness (QED) is 0.410. The second-order valence-corrected chi connectivity index (χ2v) is 9.65. The van der Waals surface area contributed by atoms with Gasteiger partial charge in [0.2, 0.25) is 0 Å². The van der Waals surface area contributed by atoms with Crippen molar-refractivity contribution in [3.63, 3.8) is 0 Å². The van der Waals surface area contributed by atoms with Gasteiger partial charge in [0.05, 0.1) is 6.54 Å². The molecule has 1 saturated heterocycles. The molecule has 1 amide bonds. The maximum atomic E-state index is 14.6. The van der Waals surface area contributed by atoms with E-state index in [1.165, 1.54) is 18.9 Å². The fourth-order valence-corrected chi connectivity index (χ4v) is 4.84. The molecule has 4 aromatic rings. The fraction of sp³-hybridized carbons (Fsp3) is 0.333. The zero-order chi connectivity index (χ0) is 24.6. The van der Waals surface area contributed by atoms with E-state index in [1.807, 2.05) is 10.8 Å². The molecular weight excluding hydrogens is 457 g/mol. The summed E-state index contributed by atoms with van der Waals surface area (Å²) in [7, 11) is 0. The molecule has 184 valence electrons. The van der Waals surface area contributed by atoms with E-state index in [0.717, 1.165) is 48.5 Å². The Morgan fingerprint density at radius 3 is 2.72 bits per heavy atom. The summed E-state index contributed by atoms with van der Waals surface area (Å²) >= 11 is 0. The van der Waals surface area contributed by atoms with Gasteiger partial charge in [-0.25, -0.2) is 19.3 Å². The summed E-state index contributed by atoms with van der Waals surface area (Å²) in [4.78, 5) is 28.6. The molecule has 0 radical (unpaired) electrons. The highest BCUT2D eigenvalue weighted by Crippen LogP contribution is 2.39. The molecule has 0 unspecified atom stereocenters. The van der Waals surface area contributed by atoms with E-state index in [-0.39, 0.29) is 18.3 Å². The largest absolute Gasteiger partial charge is 0.383 e. The third kappa shape index (κ3) is 4.48. The van der Waals surface area contributed by atoms with E-state index in [4.69, 9.17) is 5.73 Å². The lowest BCUT2D eigenvalue weighted by atomic mass is 10.1. The number of aromatic nitrogens is 4. The van der Waals surface area contributed by atoms with Gasteiger partial charge in [-0.2, -0.15) is 0 Å². The van der Waals surface area contributed by atoms with Gasteiger partial charge in [0.25, 0.3) is 5.91 Å². The van der Waals surface area contributed by atoms with E-state index < -0.39 is 5.82 Å². The van der Waals surface area contributed by atoms with Crippen LogP contribution < -0.4 is 16.0 Å². The van der Waals surface area contributed by atoms with E-state index in [9.17, 15) is 9.18 Å². The summed E-state index contributed by atoms with van der Waals surface area (Å²) in [5, 5.41) is 4.15. The molecule has 8 nitrogen and oxygen atoms in total. The molecule has 0 bridgehead atoms. The third-order valence-electron chi connectivity index (χ3n) is 6.98. The average Bonchev–Trinajstić information content (AvgIpc) is 3.40. The number of anilines is 2. The molecule has 2 aliphatic rings. The Balaban J connectivity index is 1.17. The zero-order valence-corrected chi connectivity index (χ0v) is 20.0. The van der Waals surface area contributed by atoms with Crippen molar-refractivity contribution in [1.29, 1.82) is 0 Å². The Morgan fingerprint density at radius 1 is 1.14 bits per heavy atom. The van der Waals surface area contributed by atoms with E-state index in [0.29, 0.717) is 29.1 Å². The van der Waals surface area contributed by atoms with Crippen molar-refractivity contribution < 1.29 is 9.18 Å². The van der Waals surface area contributed by atoms with Gasteiger partial charge in [0.15, 0.2) is 0 Å². The van der Waals surface area contributed by atoms with Crippen molar-refractivity contribution in [2.75, 3.05) is 23.7 Å². The highest BCUT2D eigenvalue weighted by molar-refractivity contribution is 5.93. The topological polar surface area (TPSA) is 102 Å². The number of carbonyl (C=O) groups excluding carboxylic acids is 1. The van der Waals surface area contributed by atoms with Crippen LogP contribution in [0.1, 0.15) is 59.0 Å². The number of rotatable bonds is 7. The number of pyridine rings is 2. The predicted molar refractivity (Wildman–Crippen MR) is 136 cm³/mol. The lowest BCUT2D eigenvalue weighted by Gasteiger charge is -2.16. The first-order valence-corrected chi connectivity index (χ1v) is 12.4. The van der Waals surface area contributed by atoms with Gasteiger partial charge in [-0.3, -0.25) is 4.79 Å². The highest BCUT2D eigenvalue weighted by Gasteiger charge is 2.30. The monoisotopic (exact) mass is 485 g/mol. The van der Waals surface area contributed by atoms with Gasteiger partial charge < -0.3 is 20.5 Å². The first-order valence-electron chi connectivity index (χ1n) is 12.4. The molecule has 36 heavy (non-hydrogen) atoms. The van der Waals surface area contributed by atoms with Crippen LogP contribution in [0.5, 0.6) is 0 Å².